The van der Waals surface area contributed by atoms with Crippen molar-refractivity contribution in [3.63, 3.8) is 0 Å². The molecule has 1 aliphatic rings. The SMILES string of the molecule is C=C1CO[C@H](OC)[C@@]1(C)C(=O)CC. The Labute approximate surface area is 78.7 Å². The first-order valence-electron chi connectivity index (χ1n) is 4.43. The lowest BCUT2D eigenvalue weighted by atomic mass is 9.79. The standard InChI is InChI=1S/C10H16O3/c1-5-8(11)10(3)7(2)6-13-9(10)12-4/h9H,2,5-6H2,1,3-4H3/t9-,10+/m0/s1. The number of Topliss-reactive ketones (excluding diaryl/α,β-unsaturated/α-hetero) is 1. The summed E-state index contributed by atoms with van der Waals surface area (Å²) in [5, 5.41) is 0. The summed E-state index contributed by atoms with van der Waals surface area (Å²) >= 11 is 0. The Hall–Kier alpha value is -0.670. The number of carbonyl (C=O) groups is 1. The van der Waals surface area contributed by atoms with Crippen molar-refractivity contribution in [2.75, 3.05) is 13.7 Å². The van der Waals surface area contributed by atoms with Crippen LogP contribution in [-0.4, -0.2) is 25.8 Å². The van der Waals surface area contributed by atoms with Gasteiger partial charge in [-0.05, 0) is 12.5 Å². The molecule has 2 atom stereocenters. The molecule has 0 radical (unpaired) electrons. The first-order chi connectivity index (χ1) is 6.07. The van der Waals surface area contributed by atoms with Gasteiger partial charge in [0.15, 0.2) is 6.29 Å². The van der Waals surface area contributed by atoms with Crippen molar-refractivity contribution in [3.8, 4) is 0 Å². The molecule has 0 amide bonds. The van der Waals surface area contributed by atoms with E-state index in [1.807, 2.05) is 13.8 Å². The average molecular weight is 184 g/mol. The minimum Gasteiger partial charge on any atom is -0.354 e. The third kappa shape index (κ3) is 1.42. The zero-order valence-electron chi connectivity index (χ0n) is 8.42. The molecule has 0 aromatic heterocycles. The van der Waals surface area contributed by atoms with Gasteiger partial charge in [0.05, 0.1) is 12.0 Å². The van der Waals surface area contributed by atoms with Crippen LogP contribution in [0.3, 0.4) is 0 Å². The highest BCUT2D eigenvalue weighted by atomic mass is 16.7. The first kappa shape index (κ1) is 10.4. The van der Waals surface area contributed by atoms with Gasteiger partial charge in [0, 0.05) is 13.5 Å². The van der Waals surface area contributed by atoms with Crippen molar-refractivity contribution in [1.29, 1.82) is 0 Å². The summed E-state index contributed by atoms with van der Waals surface area (Å²) < 4.78 is 10.4. The summed E-state index contributed by atoms with van der Waals surface area (Å²) in [4.78, 5) is 11.7. The highest BCUT2D eigenvalue weighted by Gasteiger charge is 2.48. The van der Waals surface area contributed by atoms with Crippen LogP contribution in [-0.2, 0) is 14.3 Å². The van der Waals surface area contributed by atoms with Gasteiger partial charge in [-0.1, -0.05) is 13.5 Å². The van der Waals surface area contributed by atoms with Crippen LogP contribution in [0.5, 0.6) is 0 Å². The van der Waals surface area contributed by atoms with Gasteiger partial charge < -0.3 is 9.47 Å². The molecule has 3 heteroatoms. The van der Waals surface area contributed by atoms with Crippen LogP contribution in [0, 0.1) is 5.41 Å². The molecule has 1 saturated heterocycles. The number of ether oxygens (including phenoxy) is 2. The summed E-state index contributed by atoms with van der Waals surface area (Å²) in [5.74, 6) is 0.127. The van der Waals surface area contributed by atoms with Gasteiger partial charge in [-0.15, -0.1) is 0 Å². The Morgan fingerprint density at radius 3 is 2.92 bits per heavy atom. The molecular formula is C10H16O3. The highest BCUT2D eigenvalue weighted by molar-refractivity contribution is 5.88. The molecule has 0 N–H and O–H groups in total. The van der Waals surface area contributed by atoms with E-state index >= 15 is 0 Å². The molecule has 1 aliphatic heterocycles. The fourth-order valence-electron chi connectivity index (χ4n) is 1.66. The van der Waals surface area contributed by atoms with Crippen molar-refractivity contribution in [3.05, 3.63) is 12.2 Å². The lowest BCUT2D eigenvalue weighted by Gasteiger charge is -2.27. The van der Waals surface area contributed by atoms with Gasteiger partial charge >= 0.3 is 0 Å². The van der Waals surface area contributed by atoms with Gasteiger partial charge in [0.1, 0.15) is 5.78 Å². The van der Waals surface area contributed by atoms with Crippen LogP contribution >= 0.6 is 0 Å². The van der Waals surface area contributed by atoms with E-state index in [9.17, 15) is 4.79 Å². The van der Waals surface area contributed by atoms with E-state index in [1.54, 1.807) is 7.11 Å². The molecular weight excluding hydrogens is 168 g/mol. The molecule has 0 aromatic carbocycles. The Morgan fingerprint density at radius 2 is 2.46 bits per heavy atom. The number of methoxy groups -OCH3 is 1. The second kappa shape index (κ2) is 3.60. The molecule has 0 aliphatic carbocycles. The molecule has 1 rings (SSSR count). The average Bonchev–Trinajstić information content (AvgIpc) is 2.43. The van der Waals surface area contributed by atoms with Gasteiger partial charge in [-0.2, -0.15) is 0 Å². The van der Waals surface area contributed by atoms with E-state index < -0.39 is 11.7 Å². The van der Waals surface area contributed by atoms with E-state index in [0.717, 1.165) is 5.57 Å². The van der Waals surface area contributed by atoms with E-state index in [1.165, 1.54) is 0 Å². The number of hydrogen-bond acceptors (Lipinski definition) is 3. The normalized spacial score (nSPS) is 33.8. The monoisotopic (exact) mass is 184 g/mol. The van der Waals surface area contributed by atoms with Crippen molar-refractivity contribution < 1.29 is 14.3 Å². The molecule has 3 nitrogen and oxygen atoms in total. The first-order valence-corrected chi connectivity index (χ1v) is 4.43. The van der Waals surface area contributed by atoms with Crippen LogP contribution in [0.15, 0.2) is 12.2 Å². The summed E-state index contributed by atoms with van der Waals surface area (Å²) in [7, 11) is 1.55. The van der Waals surface area contributed by atoms with Crippen LogP contribution in [0.2, 0.25) is 0 Å². The topological polar surface area (TPSA) is 35.5 Å². The summed E-state index contributed by atoms with van der Waals surface area (Å²) in [6, 6.07) is 0. The van der Waals surface area contributed by atoms with Crippen molar-refractivity contribution >= 4 is 5.78 Å². The third-order valence-electron chi connectivity index (χ3n) is 2.73. The largest absolute Gasteiger partial charge is 0.354 e. The Kier molecular flexibility index (Phi) is 2.88. The van der Waals surface area contributed by atoms with Crippen LogP contribution in [0.4, 0.5) is 0 Å². The van der Waals surface area contributed by atoms with Crippen molar-refractivity contribution in [2.24, 2.45) is 5.41 Å². The molecule has 0 unspecified atom stereocenters. The van der Waals surface area contributed by atoms with Crippen LogP contribution in [0.1, 0.15) is 20.3 Å². The zero-order chi connectivity index (χ0) is 10.1. The number of ketones is 1. The number of carbonyl (C=O) groups excluding carboxylic acids is 1. The summed E-state index contributed by atoms with van der Waals surface area (Å²) in [5.41, 5.74) is 0.162. The van der Waals surface area contributed by atoms with Gasteiger partial charge in [0.2, 0.25) is 0 Å². The minimum atomic E-state index is -0.649. The minimum absolute atomic E-state index is 0.127. The molecule has 0 aromatic rings. The Morgan fingerprint density at radius 1 is 1.85 bits per heavy atom. The molecule has 0 bridgehead atoms. The second-order valence-corrected chi connectivity index (χ2v) is 3.46. The van der Waals surface area contributed by atoms with Gasteiger partial charge in [-0.25, -0.2) is 0 Å². The molecule has 1 fully saturated rings. The van der Waals surface area contributed by atoms with Gasteiger partial charge in [0.25, 0.3) is 0 Å². The molecule has 13 heavy (non-hydrogen) atoms. The quantitative estimate of drug-likeness (QED) is 0.624. The second-order valence-electron chi connectivity index (χ2n) is 3.46. The van der Waals surface area contributed by atoms with Crippen molar-refractivity contribution in [2.45, 2.75) is 26.6 Å². The summed E-state index contributed by atoms with van der Waals surface area (Å²) in [6.45, 7) is 7.94. The third-order valence-corrected chi connectivity index (χ3v) is 2.73. The van der Waals surface area contributed by atoms with E-state index in [-0.39, 0.29) is 5.78 Å². The predicted octanol–water partition coefficient (Wildman–Crippen LogP) is 1.53. The van der Waals surface area contributed by atoms with Crippen molar-refractivity contribution in [1.82, 2.24) is 0 Å². The fraction of sp³-hybridized carbons (Fsp3) is 0.700. The lowest BCUT2D eigenvalue weighted by molar-refractivity contribution is -0.157. The molecule has 74 valence electrons. The van der Waals surface area contributed by atoms with E-state index in [4.69, 9.17) is 9.47 Å². The van der Waals surface area contributed by atoms with E-state index in [0.29, 0.717) is 13.0 Å². The van der Waals surface area contributed by atoms with Crippen LogP contribution < -0.4 is 0 Å². The van der Waals surface area contributed by atoms with Gasteiger partial charge in [-0.3, -0.25) is 4.79 Å². The zero-order valence-corrected chi connectivity index (χ0v) is 8.42. The predicted molar refractivity (Wildman–Crippen MR) is 49.3 cm³/mol. The maximum atomic E-state index is 11.7. The number of rotatable bonds is 3. The Balaban J connectivity index is 2.95. The molecule has 1 heterocycles. The maximum absolute atomic E-state index is 11.7. The summed E-state index contributed by atoms with van der Waals surface area (Å²) in [6.07, 6.45) is 0.0195. The fourth-order valence-corrected chi connectivity index (χ4v) is 1.66. The molecule has 0 spiro atoms. The lowest BCUT2D eigenvalue weighted by Crippen LogP contribution is -2.38. The van der Waals surface area contributed by atoms with E-state index in [2.05, 4.69) is 6.58 Å². The smallest absolute Gasteiger partial charge is 0.173 e. The Bertz CT molecular complexity index is 234. The van der Waals surface area contributed by atoms with Crippen LogP contribution in [0.25, 0.3) is 0 Å². The highest BCUT2D eigenvalue weighted by Crippen LogP contribution is 2.40. The number of hydrogen-bond donors (Lipinski definition) is 0. The maximum Gasteiger partial charge on any atom is 0.173 e. The molecule has 0 saturated carbocycles.